The summed E-state index contributed by atoms with van der Waals surface area (Å²) in [6.45, 7) is 0. The molecule has 0 fully saturated rings. The number of benzene rings is 3. The molecule has 27 heavy (non-hydrogen) atoms. The minimum Gasteiger partial charge on any atom is -0.508 e. The topological polar surface area (TPSA) is 92.0 Å². The van der Waals surface area contributed by atoms with Gasteiger partial charge in [-0.2, -0.15) is 0 Å². The highest BCUT2D eigenvalue weighted by atomic mass is 16.6. The van der Waals surface area contributed by atoms with Crippen LogP contribution in [0.5, 0.6) is 5.75 Å². The van der Waals surface area contributed by atoms with Crippen molar-refractivity contribution in [3.8, 4) is 39.7 Å². The second-order valence-corrected chi connectivity index (χ2v) is 6.03. The van der Waals surface area contributed by atoms with Crippen LogP contribution in [-0.2, 0) is 0 Å². The second-order valence-electron chi connectivity index (χ2n) is 6.03. The van der Waals surface area contributed by atoms with Gasteiger partial charge < -0.3 is 10.1 Å². The first-order chi connectivity index (χ1) is 13.1. The van der Waals surface area contributed by atoms with Gasteiger partial charge in [0.2, 0.25) is 0 Å². The molecule has 1 heterocycles. The van der Waals surface area contributed by atoms with Crippen molar-refractivity contribution in [3.05, 3.63) is 89.0 Å². The third-order valence-electron chi connectivity index (χ3n) is 4.26. The van der Waals surface area contributed by atoms with Crippen LogP contribution in [0.15, 0.2) is 78.9 Å². The highest BCUT2D eigenvalue weighted by Gasteiger charge is 2.16. The van der Waals surface area contributed by atoms with Gasteiger partial charge >= 0.3 is 0 Å². The minimum absolute atomic E-state index is 0.0401. The summed E-state index contributed by atoms with van der Waals surface area (Å²) in [7, 11) is 0. The summed E-state index contributed by atoms with van der Waals surface area (Å²) >= 11 is 0. The van der Waals surface area contributed by atoms with E-state index in [0.717, 1.165) is 28.1 Å². The van der Waals surface area contributed by atoms with E-state index in [4.69, 9.17) is 4.98 Å². The van der Waals surface area contributed by atoms with Crippen molar-refractivity contribution in [2.45, 2.75) is 0 Å². The van der Waals surface area contributed by atoms with E-state index in [9.17, 15) is 15.2 Å². The van der Waals surface area contributed by atoms with Gasteiger partial charge in [-0.05, 0) is 36.4 Å². The van der Waals surface area contributed by atoms with Gasteiger partial charge in [0, 0.05) is 28.8 Å². The van der Waals surface area contributed by atoms with Gasteiger partial charge in [-0.3, -0.25) is 10.1 Å². The molecule has 4 rings (SSSR count). The van der Waals surface area contributed by atoms with Gasteiger partial charge in [-0.1, -0.05) is 30.3 Å². The predicted octanol–water partition coefficient (Wildman–Crippen LogP) is 5.02. The molecule has 1 aromatic heterocycles. The number of phenolic OH excluding ortho intramolecular Hbond substituents is 1. The third kappa shape index (κ3) is 3.28. The molecule has 0 radical (unpaired) electrons. The monoisotopic (exact) mass is 357 g/mol. The lowest BCUT2D eigenvalue weighted by Crippen LogP contribution is -1.88. The van der Waals surface area contributed by atoms with Crippen molar-refractivity contribution >= 4 is 5.69 Å². The molecule has 0 saturated heterocycles. The highest BCUT2D eigenvalue weighted by Crippen LogP contribution is 2.34. The van der Waals surface area contributed by atoms with Crippen LogP contribution in [0.2, 0.25) is 0 Å². The fourth-order valence-corrected chi connectivity index (χ4v) is 2.89. The van der Waals surface area contributed by atoms with Crippen LogP contribution in [0, 0.1) is 10.1 Å². The number of nitrogens with zero attached hydrogens (tertiary/aromatic N) is 2. The Morgan fingerprint density at radius 2 is 1.44 bits per heavy atom. The number of phenols is 1. The summed E-state index contributed by atoms with van der Waals surface area (Å²) in [5, 5.41) is 20.4. The number of H-pyrrole nitrogens is 1. The molecule has 0 spiro atoms. The molecule has 4 aromatic rings. The van der Waals surface area contributed by atoms with Gasteiger partial charge in [0.25, 0.3) is 5.69 Å². The Labute approximate surface area is 154 Å². The third-order valence-corrected chi connectivity index (χ3v) is 4.26. The number of rotatable bonds is 4. The summed E-state index contributed by atoms with van der Waals surface area (Å²) in [4.78, 5) is 18.6. The molecular weight excluding hydrogens is 342 g/mol. The average Bonchev–Trinajstić information content (AvgIpc) is 3.15. The molecule has 3 aromatic carbocycles. The Bertz CT molecular complexity index is 1090. The zero-order valence-corrected chi connectivity index (χ0v) is 14.2. The zero-order chi connectivity index (χ0) is 18.8. The number of nitro groups is 1. The van der Waals surface area contributed by atoms with E-state index in [1.54, 1.807) is 36.4 Å². The van der Waals surface area contributed by atoms with Crippen molar-refractivity contribution in [2.75, 3.05) is 0 Å². The van der Waals surface area contributed by atoms with Gasteiger partial charge in [-0.15, -0.1) is 0 Å². The molecule has 0 aliphatic heterocycles. The number of aromatic hydroxyl groups is 1. The summed E-state index contributed by atoms with van der Waals surface area (Å²) in [6.07, 6.45) is 0. The maximum Gasteiger partial charge on any atom is 0.269 e. The average molecular weight is 357 g/mol. The quantitative estimate of drug-likeness (QED) is 0.396. The Morgan fingerprint density at radius 1 is 0.815 bits per heavy atom. The normalized spacial score (nSPS) is 10.7. The molecule has 132 valence electrons. The number of nitrogens with one attached hydrogen (secondary N) is 1. The van der Waals surface area contributed by atoms with Gasteiger partial charge in [0.1, 0.15) is 11.6 Å². The first-order valence-electron chi connectivity index (χ1n) is 8.31. The largest absolute Gasteiger partial charge is 0.508 e. The van der Waals surface area contributed by atoms with Gasteiger partial charge in [-0.25, -0.2) is 4.98 Å². The molecule has 0 aliphatic carbocycles. The molecule has 0 saturated carbocycles. The van der Waals surface area contributed by atoms with Crippen LogP contribution in [0.25, 0.3) is 33.9 Å². The SMILES string of the molecule is O=[N+]([O-])c1ccc(-c2[nH]c(-c3ccc(O)cc3)nc2-c2ccccc2)cc1. The summed E-state index contributed by atoms with van der Waals surface area (Å²) in [6, 6.07) is 22.9. The van der Waals surface area contributed by atoms with Gasteiger partial charge in [0.05, 0.1) is 16.3 Å². The van der Waals surface area contributed by atoms with E-state index >= 15 is 0 Å². The molecule has 2 N–H and O–H groups in total. The number of nitro benzene ring substituents is 1. The summed E-state index contributed by atoms with van der Waals surface area (Å²) in [5.41, 5.74) is 4.15. The van der Waals surface area contributed by atoms with Crippen LogP contribution in [0.3, 0.4) is 0 Å². The molecule has 0 bridgehead atoms. The zero-order valence-electron chi connectivity index (χ0n) is 14.2. The van der Waals surface area contributed by atoms with Crippen LogP contribution < -0.4 is 0 Å². The first-order valence-corrected chi connectivity index (χ1v) is 8.31. The van der Waals surface area contributed by atoms with Crippen LogP contribution >= 0.6 is 0 Å². The lowest BCUT2D eigenvalue weighted by Gasteiger charge is -2.03. The number of imidazole rings is 1. The summed E-state index contributed by atoms with van der Waals surface area (Å²) < 4.78 is 0. The van der Waals surface area contributed by atoms with Crippen molar-refractivity contribution in [3.63, 3.8) is 0 Å². The van der Waals surface area contributed by atoms with E-state index in [2.05, 4.69) is 4.98 Å². The van der Waals surface area contributed by atoms with Crippen LogP contribution in [0.1, 0.15) is 0 Å². The smallest absolute Gasteiger partial charge is 0.269 e. The molecule has 0 aliphatic rings. The van der Waals surface area contributed by atoms with E-state index < -0.39 is 4.92 Å². The number of aromatic amines is 1. The second kappa shape index (κ2) is 6.76. The maximum absolute atomic E-state index is 10.9. The van der Waals surface area contributed by atoms with Crippen molar-refractivity contribution < 1.29 is 10.0 Å². The minimum atomic E-state index is -0.420. The van der Waals surface area contributed by atoms with E-state index in [0.29, 0.717) is 5.82 Å². The number of aromatic nitrogens is 2. The van der Waals surface area contributed by atoms with Crippen LogP contribution in [0.4, 0.5) is 5.69 Å². The molecule has 6 heteroatoms. The lowest BCUT2D eigenvalue weighted by molar-refractivity contribution is -0.384. The first kappa shape index (κ1) is 16.5. The molecular formula is C21H15N3O3. The number of hydrogen-bond acceptors (Lipinski definition) is 4. The maximum atomic E-state index is 10.9. The molecule has 0 amide bonds. The van der Waals surface area contributed by atoms with E-state index in [1.165, 1.54) is 12.1 Å². The summed E-state index contributed by atoms with van der Waals surface area (Å²) in [5.74, 6) is 0.839. The van der Waals surface area contributed by atoms with Gasteiger partial charge in [0.15, 0.2) is 0 Å². The fraction of sp³-hybridized carbons (Fsp3) is 0. The number of hydrogen-bond donors (Lipinski definition) is 2. The Balaban J connectivity index is 1.86. The van der Waals surface area contributed by atoms with E-state index in [1.807, 2.05) is 30.3 Å². The number of non-ortho nitro benzene ring substituents is 1. The molecule has 0 unspecified atom stereocenters. The highest BCUT2D eigenvalue weighted by molar-refractivity contribution is 5.81. The van der Waals surface area contributed by atoms with Crippen LogP contribution in [-0.4, -0.2) is 20.0 Å². The van der Waals surface area contributed by atoms with Crippen molar-refractivity contribution in [1.29, 1.82) is 0 Å². The van der Waals surface area contributed by atoms with E-state index in [-0.39, 0.29) is 11.4 Å². The standard InChI is InChI=1S/C21H15N3O3/c25-18-12-8-16(9-13-18)21-22-19(14-4-2-1-3-5-14)20(23-21)15-6-10-17(11-7-15)24(26)27/h1-13,25H,(H,22,23). The molecule has 0 atom stereocenters. The Morgan fingerprint density at radius 3 is 2.07 bits per heavy atom. The van der Waals surface area contributed by atoms with Crippen molar-refractivity contribution in [2.24, 2.45) is 0 Å². The van der Waals surface area contributed by atoms with Crippen molar-refractivity contribution in [1.82, 2.24) is 9.97 Å². The molecule has 6 nitrogen and oxygen atoms in total. The predicted molar refractivity (Wildman–Crippen MR) is 103 cm³/mol. The Hall–Kier alpha value is -3.93. The fourth-order valence-electron chi connectivity index (χ4n) is 2.89. The lowest BCUT2D eigenvalue weighted by atomic mass is 10.0. The Kier molecular flexibility index (Phi) is 4.14.